The van der Waals surface area contributed by atoms with E-state index in [2.05, 4.69) is 14.5 Å². The Morgan fingerprint density at radius 2 is 2.16 bits per heavy atom. The first-order valence-electron chi connectivity index (χ1n) is 5.87. The third-order valence-electron chi connectivity index (χ3n) is 2.76. The van der Waals surface area contributed by atoms with Gasteiger partial charge in [-0.05, 0) is 5.56 Å². The second-order valence-electron chi connectivity index (χ2n) is 4.02. The first-order valence-corrected chi connectivity index (χ1v) is 5.87. The van der Waals surface area contributed by atoms with Gasteiger partial charge >= 0.3 is 5.97 Å². The quantitative estimate of drug-likeness (QED) is 0.559. The molecule has 0 aliphatic heterocycles. The van der Waals surface area contributed by atoms with E-state index >= 15 is 0 Å². The van der Waals surface area contributed by atoms with Crippen molar-refractivity contribution in [1.82, 2.24) is 5.27 Å². The summed E-state index contributed by atoms with van der Waals surface area (Å²) in [7, 11) is 1.27. The maximum Gasteiger partial charge on any atom is 0.316 e. The van der Waals surface area contributed by atoms with Crippen molar-refractivity contribution in [2.24, 2.45) is 0 Å². The van der Waals surface area contributed by atoms with Crippen LogP contribution in [0.15, 0.2) is 34.9 Å². The standard InChI is InChI=1S/C13H14N2O4/c1-18-12(16)9-11-13(17)19-14-15(11)8-7-10-5-3-2-4-6-10/h2-6H,7-9H2,1H3. The van der Waals surface area contributed by atoms with Gasteiger partial charge in [0.2, 0.25) is 5.69 Å². The highest BCUT2D eigenvalue weighted by Gasteiger charge is 2.21. The fourth-order valence-corrected chi connectivity index (χ4v) is 1.72. The topological polar surface area (TPSA) is 79.3 Å². The fraction of sp³-hybridized carbons (Fsp3) is 0.308. The van der Waals surface area contributed by atoms with Crippen molar-refractivity contribution in [3.8, 4) is 5.95 Å². The molecule has 0 spiro atoms. The molecule has 0 atom stereocenters. The third-order valence-corrected chi connectivity index (χ3v) is 2.76. The van der Waals surface area contributed by atoms with Gasteiger partial charge < -0.3 is 14.4 Å². The van der Waals surface area contributed by atoms with Crippen LogP contribution in [0.4, 0.5) is 0 Å². The predicted octanol–water partition coefficient (Wildman–Crippen LogP) is -0.00610. The molecule has 100 valence electrons. The van der Waals surface area contributed by atoms with E-state index in [-0.39, 0.29) is 12.1 Å². The van der Waals surface area contributed by atoms with Crippen LogP contribution < -0.4 is 9.79 Å². The van der Waals surface area contributed by atoms with Gasteiger partial charge in [0.25, 0.3) is 0 Å². The van der Waals surface area contributed by atoms with Crippen LogP contribution in [0.1, 0.15) is 11.3 Å². The smallest absolute Gasteiger partial charge is 0.316 e. The largest absolute Gasteiger partial charge is 0.539 e. The first kappa shape index (κ1) is 13.1. The molecule has 6 heteroatoms. The zero-order valence-electron chi connectivity index (χ0n) is 10.5. The highest BCUT2D eigenvalue weighted by atomic mass is 16.6. The summed E-state index contributed by atoms with van der Waals surface area (Å²) >= 11 is 0. The molecule has 1 aromatic carbocycles. The van der Waals surface area contributed by atoms with E-state index in [0.29, 0.717) is 13.0 Å². The monoisotopic (exact) mass is 262 g/mol. The van der Waals surface area contributed by atoms with Crippen molar-refractivity contribution in [2.75, 3.05) is 7.11 Å². The van der Waals surface area contributed by atoms with Crippen molar-refractivity contribution in [1.29, 1.82) is 0 Å². The maximum atomic E-state index is 11.4. The molecule has 0 bridgehead atoms. The molecule has 0 N–H and O–H groups in total. The van der Waals surface area contributed by atoms with E-state index in [0.717, 1.165) is 5.56 Å². The number of ether oxygens (including phenoxy) is 1. The van der Waals surface area contributed by atoms with Gasteiger partial charge in [0, 0.05) is 6.42 Å². The minimum absolute atomic E-state index is 0.131. The van der Waals surface area contributed by atoms with Gasteiger partial charge in [0.05, 0.1) is 12.4 Å². The van der Waals surface area contributed by atoms with Gasteiger partial charge in [-0.1, -0.05) is 35.0 Å². The van der Waals surface area contributed by atoms with Crippen LogP contribution in [0, 0.1) is 0 Å². The highest BCUT2D eigenvalue weighted by molar-refractivity contribution is 5.71. The molecular formula is C13H14N2O4. The van der Waals surface area contributed by atoms with E-state index in [4.69, 9.17) is 0 Å². The zero-order chi connectivity index (χ0) is 13.7. The molecular weight excluding hydrogens is 248 g/mol. The SMILES string of the molecule is COC(=O)Cc1c([O-])on[n+]1CCc1ccccc1. The molecule has 6 nitrogen and oxygen atoms in total. The van der Waals surface area contributed by atoms with Gasteiger partial charge in [-0.2, -0.15) is 0 Å². The highest BCUT2D eigenvalue weighted by Crippen LogP contribution is 2.09. The summed E-state index contributed by atoms with van der Waals surface area (Å²) in [6.45, 7) is 0.474. The second kappa shape index (κ2) is 5.99. The Morgan fingerprint density at radius 1 is 1.42 bits per heavy atom. The zero-order valence-corrected chi connectivity index (χ0v) is 10.5. The van der Waals surface area contributed by atoms with Gasteiger partial charge in [0.15, 0.2) is 12.5 Å². The molecule has 1 aromatic heterocycles. The Balaban J connectivity index is 2.06. The van der Waals surface area contributed by atoms with Gasteiger partial charge in [-0.15, -0.1) is 0 Å². The van der Waals surface area contributed by atoms with Crippen LogP contribution in [0.5, 0.6) is 5.95 Å². The summed E-state index contributed by atoms with van der Waals surface area (Å²) in [5.74, 6) is -1.09. The van der Waals surface area contributed by atoms with Crippen LogP contribution in [-0.4, -0.2) is 18.4 Å². The van der Waals surface area contributed by atoms with Crippen LogP contribution in [0.25, 0.3) is 0 Å². The van der Waals surface area contributed by atoms with Crippen molar-refractivity contribution < 1.29 is 23.8 Å². The van der Waals surface area contributed by atoms with E-state index in [1.807, 2.05) is 30.3 Å². The molecule has 0 saturated carbocycles. The average molecular weight is 262 g/mol. The van der Waals surface area contributed by atoms with Crippen molar-refractivity contribution >= 4 is 5.97 Å². The van der Waals surface area contributed by atoms with E-state index in [1.54, 1.807) is 0 Å². The second-order valence-corrected chi connectivity index (χ2v) is 4.02. The first-order chi connectivity index (χ1) is 9.20. The molecule has 0 saturated heterocycles. The van der Waals surface area contributed by atoms with E-state index in [1.165, 1.54) is 11.8 Å². The van der Waals surface area contributed by atoms with Gasteiger partial charge in [-0.25, -0.2) is 0 Å². The molecule has 1 heterocycles. The molecule has 0 aliphatic carbocycles. The summed E-state index contributed by atoms with van der Waals surface area (Å²) in [4.78, 5) is 11.2. The summed E-state index contributed by atoms with van der Waals surface area (Å²) in [5, 5.41) is 15.1. The number of methoxy groups -OCH3 is 1. The third kappa shape index (κ3) is 3.31. The summed E-state index contributed by atoms with van der Waals surface area (Å²) in [6, 6.07) is 9.79. The number of benzene rings is 1. The van der Waals surface area contributed by atoms with Crippen LogP contribution in [0.2, 0.25) is 0 Å². The number of rotatable bonds is 5. The van der Waals surface area contributed by atoms with Crippen molar-refractivity contribution in [2.45, 2.75) is 19.4 Å². The summed E-state index contributed by atoms with van der Waals surface area (Å²) in [6.07, 6.45) is 0.569. The number of hydrogen-bond donors (Lipinski definition) is 0. The number of hydrogen-bond acceptors (Lipinski definition) is 5. The molecule has 0 amide bonds. The van der Waals surface area contributed by atoms with Crippen LogP contribution >= 0.6 is 0 Å². The van der Waals surface area contributed by atoms with Crippen LogP contribution in [-0.2, 0) is 28.9 Å². The lowest BCUT2D eigenvalue weighted by molar-refractivity contribution is -0.767. The summed E-state index contributed by atoms with van der Waals surface area (Å²) in [5.41, 5.74) is 1.33. The summed E-state index contributed by atoms with van der Waals surface area (Å²) < 4.78 is 10.5. The molecule has 2 aromatic rings. The number of carbonyl (C=O) groups is 1. The number of carbonyl (C=O) groups excluding carboxylic acids is 1. The molecule has 0 unspecified atom stereocenters. The minimum Gasteiger partial charge on any atom is -0.539 e. The molecule has 0 fully saturated rings. The molecule has 0 aliphatic rings. The lowest BCUT2D eigenvalue weighted by Gasteiger charge is -1.99. The van der Waals surface area contributed by atoms with Crippen LogP contribution in [0.3, 0.4) is 0 Å². The van der Waals surface area contributed by atoms with Crippen molar-refractivity contribution in [3.63, 3.8) is 0 Å². The fourth-order valence-electron chi connectivity index (χ4n) is 1.72. The molecule has 0 radical (unpaired) electrons. The van der Waals surface area contributed by atoms with E-state index in [9.17, 15) is 9.90 Å². The normalized spacial score (nSPS) is 10.4. The van der Waals surface area contributed by atoms with Crippen molar-refractivity contribution in [3.05, 3.63) is 41.6 Å². The maximum absolute atomic E-state index is 11.4. The van der Waals surface area contributed by atoms with E-state index < -0.39 is 11.9 Å². The lowest BCUT2D eigenvalue weighted by Crippen LogP contribution is -2.41. The Morgan fingerprint density at radius 3 is 2.84 bits per heavy atom. The average Bonchev–Trinajstić information content (AvgIpc) is 2.78. The Bertz CT molecular complexity index is 551. The molecule has 2 rings (SSSR count). The lowest BCUT2D eigenvalue weighted by atomic mass is 10.1. The number of aromatic nitrogens is 2. The Hall–Kier alpha value is -2.37. The Labute approximate surface area is 110 Å². The Kier molecular flexibility index (Phi) is 4.12. The van der Waals surface area contributed by atoms with Gasteiger partial charge in [-0.3, -0.25) is 4.79 Å². The number of aryl methyl sites for hydroxylation is 2. The number of nitrogens with zero attached hydrogens (tertiary/aromatic N) is 2. The molecule has 19 heavy (non-hydrogen) atoms. The minimum atomic E-state index is -0.599. The number of esters is 1. The van der Waals surface area contributed by atoms with Gasteiger partial charge in [0.1, 0.15) is 6.42 Å². The predicted molar refractivity (Wildman–Crippen MR) is 62.0 cm³/mol.